The number of benzene rings is 1. The average Bonchev–Trinajstić information content (AvgIpc) is 3.86. The van der Waals surface area contributed by atoms with Gasteiger partial charge in [0.15, 0.2) is 22.5 Å². The molecule has 6 N–H and O–H groups in total. The van der Waals surface area contributed by atoms with E-state index in [0.29, 0.717) is 72.0 Å². The third-order valence-corrected chi connectivity index (χ3v) is 16.4. The predicted octanol–water partition coefficient (Wildman–Crippen LogP) is 6.90. The summed E-state index contributed by atoms with van der Waals surface area (Å²) < 4.78 is 13.3. The number of hydrogen-bond acceptors (Lipinski definition) is 15. The number of methoxy groups -OCH3 is 1. The lowest BCUT2D eigenvalue weighted by atomic mass is 9.25. The fraction of sp³-hybridized carbons (Fsp3) is 0.574. The van der Waals surface area contributed by atoms with Crippen molar-refractivity contribution in [3.05, 3.63) is 58.9 Å². The number of ether oxygens (including phenoxy) is 2. The molecule has 15 nitrogen and oxygen atoms in total. The Balaban J connectivity index is 0.904. The van der Waals surface area contributed by atoms with Gasteiger partial charge in [0.25, 0.3) is 0 Å². The van der Waals surface area contributed by atoms with E-state index >= 15 is 0 Å². The third-order valence-electron chi connectivity index (χ3n) is 15.5. The van der Waals surface area contributed by atoms with E-state index in [2.05, 4.69) is 34.3 Å². The normalized spacial score (nSPS) is 28.2. The Kier molecular flexibility index (Phi) is 11.3. The van der Waals surface area contributed by atoms with Gasteiger partial charge in [0.05, 0.1) is 29.5 Å². The number of anilines is 4. The van der Waals surface area contributed by atoms with Crippen molar-refractivity contribution in [2.45, 2.75) is 91.1 Å². The number of rotatable bonds is 19. The summed E-state index contributed by atoms with van der Waals surface area (Å²) in [7, 11) is 1.64. The van der Waals surface area contributed by atoms with Gasteiger partial charge in [-0.25, -0.2) is 14.8 Å². The van der Waals surface area contributed by atoms with Crippen LogP contribution in [0.3, 0.4) is 0 Å². The molecule has 1 aliphatic heterocycles. The zero-order valence-corrected chi connectivity index (χ0v) is 38.0. The number of aromatic nitrogens is 4. The molecule has 0 saturated heterocycles. The van der Waals surface area contributed by atoms with Crippen LogP contribution in [0.5, 0.6) is 5.75 Å². The van der Waals surface area contributed by atoms with E-state index in [9.17, 15) is 20.1 Å². The van der Waals surface area contributed by atoms with Gasteiger partial charge in [-0.3, -0.25) is 4.99 Å². The molecule has 4 aliphatic carbocycles. The zero-order chi connectivity index (χ0) is 44.4. The van der Waals surface area contributed by atoms with Crippen molar-refractivity contribution in [1.29, 1.82) is 0 Å². The van der Waals surface area contributed by atoms with Crippen molar-refractivity contribution < 1.29 is 29.6 Å². The molecule has 63 heavy (non-hydrogen) atoms. The molecule has 3 aromatic heterocycles. The maximum absolute atomic E-state index is 12.9. The fourth-order valence-electron chi connectivity index (χ4n) is 13.5. The summed E-state index contributed by atoms with van der Waals surface area (Å²) in [5.74, 6) is 1.36. The summed E-state index contributed by atoms with van der Waals surface area (Å²) in [6, 6.07) is 9.44. The number of hydrogen-bond donors (Lipinski definition) is 5. The molecule has 0 amide bonds. The molecule has 16 heteroatoms. The summed E-state index contributed by atoms with van der Waals surface area (Å²) in [4.78, 5) is 31.9. The minimum atomic E-state index is -1.15. The SMILES string of the molecule is COc1ccc2sc(Nc3nnc4c(c3C)CCCN4c3ccc(C(=CN)C(C)=NCC45CC6(C)CC7(OCCN(CCCO)CCCO)CC(C)(C4)C67C5)c(C(=O)O)n3)nc2c1. The number of aliphatic hydroxyl groups excluding tert-OH is 2. The van der Waals surface area contributed by atoms with Crippen LogP contribution < -0.4 is 20.7 Å². The molecule has 2 unspecified atom stereocenters. The van der Waals surface area contributed by atoms with Gasteiger partial charge in [0.1, 0.15) is 11.6 Å². The van der Waals surface area contributed by atoms with Gasteiger partial charge in [0, 0.05) is 91.6 Å². The first kappa shape index (κ1) is 43.5. The minimum Gasteiger partial charge on any atom is -0.497 e. The van der Waals surface area contributed by atoms with E-state index < -0.39 is 5.97 Å². The number of nitrogens with zero attached hydrogens (tertiary/aromatic N) is 7. The first-order valence-corrected chi connectivity index (χ1v) is 23.2. The Morgan fingerprint density at radius 1 is 1.03 bits per heavy atom. The van der Waals surface area contributed by atoms with Crippen LogP contribution >= 0.6 is 11.3 Å². The lowest BCUT2D eigenvalue weighted by Crippen LogP contribution is -2.82. The number of fused-ring (bicyclic) bond motifs is 3. The molecule has 0 radical (unpaired) electrons. The van der Waals surface area contributed by atoms with Gasteiger partial charge in [-0.15, -0.1) is 10.2 Å². The molecular formula is C47H61N9O6S. The van der Waals surface area contributed by atoms with Gasteiger partial charge in [-0.2, -0.15) is 0 Å². The highest BCUT2D eigenvalue weighted by Crippen LogP contribution is 2.95. The van der Waals surface area contributed by atoms with Crippen LogP contribution in [0.2, 0.25) is 0 Å². The fourth-order valence-corrected chi connectivity index (χ4v) is 14.4. The van der Waals surface area contributed by atoms with E-state index in [1.54, 1.807) is 13.2 Å². The Morgan fingerprint density at radius 3 is 2.46 bits per heavy atom. The van der Waals surface area contributed by atoms with Gasteiger partial charge >= 0.3 is 5.97 Å². The lowest BCUT2D eigenvalue weighted by Gasteiger charge is -2.82. The van der Waals surface area contributed by atoms with E-state index in [1.807, 2.05) is 43.0 Å². The van der Waals surface area contributed by atoms with Crippen LogP contribution in [0.25, 0.3) is 15.8 Å². The van der Waals surface area contributed by atoms with Crippen LogP contribution in [-0.2, 0) is 11.2 Å². The number of aliphatic imine (C=N–C) groups is 1. The highest BCUT2D eigenvalue weighted by atomic mass is 32.1. The van der Waals surface area contributed by atoms with Crippen molar-refractivity contribution >= 4 is 61.4 Å². The molecule has 4 heterocycles. The van der Waals surface area contributed by atoms with E-state index in [4.69, 9.17) is 30.2 Å². The Hall–Kier alpha value is -4.74. The number of pyridine rings is 1. The molecule has 4 fully saturated rings. The topological polar surface area (TPSA) is 205 Å². The Bertz CT molecular complexity index is 2460. The van der Waals surface area contributed by atoms with E-state index in [0.717, 1.165) is 91.7 Å². The van der Waals surface area contributed by atoms with Crippen molar-refractivity contribution in [2.75, 3.05) is 69.9 Å². The largest absolute Gasteiger partial charge is 0.497 e. The molecular weight excluding hydrogens is 819 g/mol. The Morgan fingerprint density at radius 2 is 1.78 bits per heavy atom. The Labute approximate surface area is 372 Å². The van der Waals surface area contributed by atoms with Crippen LogP contribution in [0.4, 0.5) is 22.6 Å². The predicted molar refractivity (Wildman–Crippen MR) is 246 cm³/mol. The van der Waals surface area contributed by atoms with Crippen molar-refractivity contribution in [3.8, 4) is 5.75 Å². The second-order valence-electron chi connectivity index (χ2n) is 19.3. The van der Waals surface area contributed by atoms with Crippen molar-refractivity contribution in [3.63, 3.8) is 0 Å². The van der Waals surface area contributed by atoms with Crippen LogP contribution in [-0.4, -0.2) is 117 Å². The van der Waals surface area contributed by atoms with Crippen LogP contribution in [0.1, 0.15) is 99.3 Å². The van der Waals surface area contributed by atoms with Gasteiger partial charge < -0.3 is 45.6 Å². The maximum Gasteiger partial charge on any atom is 0.355 e. The minimum absolute atomic E-state index is 0.0385. The summed E-state index contributed by atoms with van der Waals surface area (Å²) in [6.45, 7) is 13.5. The van der Waals surface area contributed by atoms with Crippen molar-refractivity contribution in [1.82, 2.24) is 25.1 Å². The summed E-state index contributed by atoms with van der Waals surface area (Å²) >= 11 is 1.53. The van der Waals surface area contributed by atoms with Gasteiger partial charge in [0.2, 0.25) is 0 Å². The van der Waals surface area contributed by atoms with Crippen LogP contribution in [0.15, 0.2) is 41.5 Å². The molecule has 1 aromatic carbocycles. The average molecular weight is 880 g/mol. The third kappa shape index (κ3) is 6.98. The molecule has 5 aliphatic rings. The number of carboxylic acids is 1. The smallest absolute Gasteiger partial charge is 0.355 e. The number of nitrogens with two attached hydrogens (primary N) is 1. The highest BCUT2D eigenvalue weighted by molar-refractivity contribution is 7.22. The number of aliphatic hydroxyl groups is 2. The number of carboxylic acid groups (broad SMARTS) is 1. The number of nitrogens with one attached hydrogen (secondary N) is 1. The van der Waals surface area contributed by atoms with E-state index in [-0.39, 0.29) is 46.2 Å². The molecule has 2 atom stereocenters. The van der Waals surface area contributed by atoms with E-state index in [1.165, 1.54) is 17.5 Å². The molecule has 4 aromatic rings. The molecule has 2 bridgehead atoms. The monoisotopic (exact) mass is 879 g/mol. The summed E-state index contributed by atoms with van der Waals surface area (Å²) in [5, 5.41) is 42.7. The molecule has 336 valence electrons. The van der Waals surface area contributed by atoms with Crippen LogP contribution in [0, 0.1) is 28.6 Å². The standard InChI is InChI=1S/C47H61N9O6S/c1-29-32-9-6-16-56(40(32)54-53-39(29)52-42-50-35-21-31(61-5)10-12-36(35)63-42)37-13-11-33(38(51-37)41(59)60)34(22-48)30(2)49-28-45-23-43(3)25-46(26-44(4,24-45)47(43,46)27-45)62-20-17-55(14-7-18-57)15-8-19-58/h10-13,21-22,57-58H,6-9,14-20,23-28,48H2,1-5H3,(H,59,60)(H,50,52,53). The first-order valence-electron chi connectivity index (χ1n) is 22.4. The number of allylic oxidation sites excluding steroid dienone is 1. The molecule has 1 spiro atoms. The lowest BCUT2D eigenvalue weighted by molar-refractivity contribution is -0.397. The molecule has 4 saturated carbocycles. The molecule has 9 rings (SSSR count). The number of thiazole rings is 1. The second kappa shape index (κ2) is 16.4. The number of aromatic carboxylic acids is 1. The quantitative estimate of drug-likeness (QED) is 0.0609. The van der Waals surface area contributed by atoms with Crippen molar-refractivity contribution in [2.24, 2.45) is 32.4 Å². The highest BCUT2D eigenvalue weighted by Gasteiger charge is 2.93. The zero-order valence-electron chi connectivity index (χ0n) is 37.2. The number of carbonyl (C=O) groups is 1. The van der Waals surface area contributed by atoms with Gasteiger partial charge in [-0.05, 0) is 112 Å². The maximum atomic E-state index is 12.9. The first-order chi connectivity index (χ1) is 30.3. The van der Waals surface area contributed by atoms with Gasteiger partial charge in [-0.1, -0.05) is 25.2 Å². The second-order valence-corrected chi connectivity index (χ2v) is 20.3. The summed E-state index contributed by atoms with van der Waals surface area (Å²) in [6.07, 6.45) is 9.92. The summed E-state index contributed by atoms with van der Waals surface area (Å²) in [5.41, 5.74) is 11.1.